The molecule has 0 bridgehead atoms. The molecule has 0 unspecified atom stereocenters. The first-order valence-corrected chi connectivity index (χ1v) is 8.57. The van der Waals surface area contributed by atoms with Gasteiger partial charge in [0.15, 0.2) is 0 Å². The number of hydrazone groups is 1. The number of nitrogens with one attached hydrogen (secondary N) is 2. The summed E-state index contributed by atoms with van der Waals surface area (Å²) in [6, 6.07) is 9.27. The van der Waals surface area contributed by atoms with Crippen LogP contribution in [-0.2, 0) is 4.79 Å². The summed E-state index contributed by atoms with van der Waals surface area (Å²) in [5.41, 5.74) is 3.59. The maximum absolute atomic E-state index is 12.1. The number of amides is 2. The standard InChI is InChI=1S/C18H17Cl2N3O3/c1-2-3-16(24)22-14-6-4-11(5-7-14)18(26)23-21-10-12-8-13(19)9-15(20)17(12)25/h4-10,25H,2-3H2,1H3,(H,22,24)(H,23,26). The number of carbonyl (C=O) groups is 2. The molecule has 6 nitrogen and oxygen atoms in total. The Labute approximate surface area is 160 Å². The van der Waals surface area contributed by atoms with Gasteiger partial charge in [-0.25, -0.2) is 5.43 Å². The Hall–Kier alpha value is -2.57. The molecule has 0 aliphatic heterocycles. The molecule has 0 radical (unpaired) electrons. The second kappa shape index (κ2) is 9.22. The molecule has 136 valence electrons. The molecule has 0 aliphatic carbocycles. The Bertz CT molecular complexity index is 836. The summed E-state index contributed by atoms with van der Waals surface area (Å²) < 4.78 is 0. The SMILES string of the molecule is CCCC(=O)Nc1ccc(C(=O)NN=Cc2cc(Cl)cc(Cl)c2O)cc1. The van der Waals surface area contributed by atoms with E-state index in [2.05, 4.69) is 15.8 Å². The molecular weight excluding hydrogens is 377 g/mol. The molecule has 0 fully saturated rings. The number of aromatic hydroxyl groups is 1. The van der Waals surface area contributed by atoms with Gasteiger partial charge in [0.25, 0.3) is 5.91 Å². The summed E-state index contributed by atoms with van der Waals surface area (Å²) in [5.74, 6) is -0.698. The van der Waals surface area contributed by atoms with Crippen LogP contribution in [0.3, 0.4) is 0 Å². The van der Waals surface area contributed by atoms with Gasteiger partial charge >= 0.3 is 0 Å². The number of rotatable bonds is 6. The Morgan fingerprint density at radius 3 is 2.54 bits per heavy atom. The summed E-state index contributed by atoms with van der Waals surface area (Å²) in [6.07, 6.45) is 2.44. The second-order valence-corrected chi connectivity index (χ2v) is 6.24. The molecule has 2 rings (SSSR count). The number of hydrogen-bond donors (Lipinski definition) is 3. The lowest BCUT2D eigenvalue weighted by molar-refractivity contribution is -0.116. The van der Waals surface area contributed by atoms with Gasteiger partial charge in [-0.2, -0.15) is 5.10 Å². The van der Waals surface area contributed by atoms with Gasteiger partial charge in [0, 0.05) is 28.3 Å². The molecule has 2 aromatic rings. The van der Waals surface area contributed by atoms with Crippen molar-refractivity contribution in [1.29, 1.82) is 0 Å². The van der Waals surface area contributed by atoms with Gasteiger partial charge in [0.2, 0.25) is 5.91 Å². The highest BCUT2D eigenvalue weighted by Gasteiger charge is 2.08. The third kappa shape index (κ3) is 5.47. The predicted molar refractivity (Wildman–Crippen MR) is 103 cm³/mol. The minimum atomic E-state index is -0.444. The van der Waals surface area contributed by atoms with Crippen molar-refractivity contribution < 1.29 is 14.7 Å². The van der Waals surface area contributed by atoms with E-state index in [1.54, 1.807) is 24.3 Å². The lowest BCUT2D eigenvalue weighted by Gasteiger charge is -2.05. The quantitative estimate of drug-likeness (QED) is 0.507. The normalized spacial score (nSPS) is 10.7. The van der Waals surface area contributed by atoms with E-state index in [1.807, 2.05) is 6.92 Å². The van der Waals surface area contributed by atoms with E-state index in [4.69, 9.17) is 23.2 Å². The number of benzene rings is 2. The van der Waals surface area contributed by atoms with Crippen molar-refractivity contribution in [1.82, 2.24) is 5.43 Å². The lowest BCUT2D eigenvalue weighted by atomic mass is 10.2. The van der Waals surface area contributed by atoms with Gasteiger partial charge in [-0.05, 0) is 42.8 Å². The number of hydrogen-bond acceptors (Lipinski definition) is 4. The van der Waals surface area contributed by atoms with Crippen molar-refractivity contribution in [2.75, 3.05) is 5.32 Å². The van der Waals surface area contributed by atoms with Crippen LogP contribution in [0.25, 0.3) is 0 Å². The number of anilines is 1. The molecule has 0 atom stereocenters. The van der Waals surface area contributed by atoms with E-state index >= 15 is 0 Å². The van der Waals surface area contributed by atoms with Crippen molar-refractivity contribution >= 4 is 46.9 Å². The Kier molecular flexibility index (Phi) is 7.00. The van der Waals surface area contributed by atoms with Crippen LogP contribution < -0.4 is 10.7 Å². The lowest BCUT2D eigenvalue weighted by Crippen LogP contribution is -2.17. The van der Waals surface area contributed by atoms with E-state index in [9.17, 15) is 14.7 Å². The fourth-order valence-corrected chi connectivity index (χ4v) is 2.57. The van der Waals surface area contributed by atoms with Crippen LogP contribution >= 0.6 is 23.2 Å². The smallest absolute Gasteiger partial charge is 0.271 e. The maximum Gasteiger partial charge on any atom is 0.271 e. The summed E-state index contributed by atoms with van der Waals surface area (Å²) >= 11 is 11.7. The fraction of sp³-hybridized carbons (Fsp3) is 0.167. The summed E-state index contributed by atoms with van der Waals surface area (Å²) in [7, 11) is 0. The van der Waals surface area contributed by atoms with Crippen molar-refractivity contribution in [2.24, 2.45) is 5.10 Å². The predicted octanol–water partition coefficient (Wildman–Crippen LogP) is 4.20. The van der Waals surface area contributed by atoms with Gasteiger partial charge in [-0.15, -0.1) is 0 Å². The van der Waals surface area contributed by atoms with Crippen LogP contribution in [-0.4, -0.2) is 23.1 Å². The monoisotopic (exact) mass is 393 g/mol. The van der Waals surface area contributed by atoms with E-state index in [-0.39, 0.29) is 22.2 Å². The molecule has 26 heavy (non-hydrogen) atoms. The molecule has 0 aliphatic rings. The zero-order chi connectivity index (χ0) is 19.1. The van der Waals surface area contributed by atoms with Crippen LogP contribution in [0.2, 0.25) is 10.0 Å². The van der Waals surface area contributed by atoms with Crippen LogP contribution in [0, 0.1) is 0 Å². The Morgan fingerprint density at radius 2 is 1.88 bits per heavy atom. The third-order valence-corrected chi connectivity index (χ3v) is 3.84. The third-order valence-electron chi connectivity index (χ3n) is 3.34. The number of nitrogens with zero attached hydrogens (tertiary/aromatic N) is 1. The second-order valence-electron chi connectivity index (χ2n) is 5.40. The van der Waals surface area contributed by atoms with Gasteiger partial charge in [0.1, 0.15) is 5.75 Å². The maximum atomic E-state index is 12.1. The number of phenolic OH excluding ortho intramolecular Hbond substituents is 1. The first-order valence-electron chi connectivity index (χ1n) is 7.82. The van der Waals surface area contributed by atoms with E-state index in [0.717, 1.165) is 6.42 Å². The van der Waals surface area contributed by atoms with E-state index in [1.165, 1.54) is 18.3 Å². The highest BCUT2D eigenvalue weighted by atomic mass is 35.5. The van der Waals surface area contributed by atoms with Crippen molar-refractivity contribution in [2.45, 2.75) is 19.8 Å². The van der Waals surface area contributed by atoms with E-state index < -0.39 is 5.91 Å². The largest absolute Gasteiger partial charge is 0.506 e. The molecule has 0 saturated carbocycles. The van der Waals surface area contributed by atoms with Crippen LogP contribution in [0.5, 0.6) is 5.75 Å². The fourth-order valence-electron chi connectivity index (χ4n) is 2.06. The highest BCUT2D eigenvalue weighted by Crippen LogP contribution is 2.29. The summed E-state index contributed by atoms with van der Waals surface area (Å²) in [4.78, 5) is 23.6. The molecular formula is C18H17Cl2N3O3. The van der Waals surface area contributed by atoms with Gasteiger partial charge in [0.05, 0.1) is 11.2 Å². The Balaban J connectivity index is 1.99. The van der Waals surface area contributed by atoms with Crippen molar-refractivity contribution in [3.05, 3.63) is 57.6 Å². The molecule has 0 spiro atoms. The number of halogens is 2. The van der Waals surface area contributed by atoms with Crippen LogP contribution in [0.4, 0.5) is 5.69 Å². The molecule has 0 saturated heterocycles. The van der Waals surface area contributed by atoms with Gasteiger partial charge in [-0.3, -0.25) is 9.59 Å². The average molecular weight is 394 g/mol. The number of carbonyl (C=O) groups excluding carboxylic acids is 2. The highest BCUT2D eigenvalue weighted by molar-refractivity contribution is 6.36. The first kappa shape index (κ1) is 19.8. The van der Waals surface area contributed by atoms with Crippen molar-refractivity contribution in [3.8, 4) is 5.75 Å². The molecule has 0 aromatic heterocycles. The molecule has 2 amide bonds. The minimum Gasteiger partial charge on any atom is -0.506 e. The van der Waals surface area contributed by atoms with Gasteiger partial charge in [-0.1, -0.05) is 30.1 Å². The topological polar surface area (TPSA) is 90.8 Å². The van der Waals surface area contributed by atoms with Crippen LogP contribution in [0.1, 0.15) is 35.7 Å². The molecule has 3 N–H and O–H groups in total. The first-order chi connectivity index (χ1) is 12.4. The van der Waals surface area contributed by atoms with Gasteiger partial charge < -0.3 is 10.4 Å². The summed E-state index contributed by atoms with van der Waals surface area (Å²) in [6.45, 7) is 1.92. The molecule has 2 aromatic carbocycles. The summed E-state index contributed by atoms with van der Waals surface area (Å²) in [5, 5.41) is 16.8. The molecule has 0 heterocycles. The average Bonchev–Trinajstić information content (AvgIpc) is 2.59. The van der Waals surface area contributed by atoms with E-state index in [0.29, 0.717) is 22.7 Å². The Morgan fingerprint density at radius 1 is 1.19 bits per heavy atom. The van der Waals surface area contributed by atoms with Crippen molar-refractivity contribution in [3.63, 3.8) is 0 Å². The number of phenols is 1. The molecule has 8 heteroatoms. The minimum absolute atomic E-state index is 0.0747. The van der Waals surface area contributed by atoms with Crippen LogP contribution in [0.15, 0.2) is 41.5 Å². The zero-order valence-corrected chi connectivity index (χ0v) is 15.4. The zero-order valence-electron chi connectivity index (χ0n) is 13.9.